The molecule has 5 nitrogen and oxygen atoms in total. The van der Waals surface area contributed by atoms with Crippen LogP contribution in [0.3, 0.4) is 0 Å². The first-order valence-corrected chi connectivity index (χ1v) is 10.6. The third-order valence-corrected chi connectivity index (χ3v) is 6.06. The highest BCUT2D eigenvalue weighted by Gasteiger charge is 2.30. The van der Waals surface area contributed by atoms with E-state index in [2.05, 4.69) is 5.32 Å². The average Bonchev–Trinajstić information content (AvgIpc) is 2.79. The Balaban J connectivity index is 1.49. The van der Waals surface area contributed by atoms with Gasteiger partial charge in [0.05, 0.1) is 5.92 Å². The van der Waals surface area contributed by atoms with Gasteiger partial charge in [0.15, 0.2) is 0 Å². The van der Waals surface area contributed by atoms with Crippen LogP contribution in [0.5, 0.6) is 0 Å². The molecular formula is C24H27FN2O3. The zero-order chi connectivity index (χ0) is 21.1. The average molecular weight is 410 g/mol. The lowest BCUT2D eigenvalue weighted by Gasteiger charge is -2.34. The molecular weight excluding hydrogens is 383 g/mol. The van der Waals surface area contributed by atoms with Crippen LogP contribution in [0.4, 0.5) is 15.8 Å². The predicted molar refractivity (Wildman–Crippen MR) is 114 cm³/mol. The van der Waals surface area contributed by atoms with Crippen LogP contribution in [-0.2, 0) is 20.7 Å². The van der Waals surface area contributed by atoms with E-state index in [0.29, 0.717) is 18.9 Å². The molecule has 6 heteroatoms. The maximum atomic E-state index is 13.1. The zero-order valence-corrected chi connectivity index (χ0v) is 17.2. The molecule has 2 aromatic carbocycles. The van der Waals surface area contributed by atoms with E-state index in [1.165, 1.54) is 12.1 Å². The molecule has 0 aromatic heterocycles. The Morgan fingerprint density at radius 2 is 1.87 bits per heavy atom. The minimum Gasteiger partial charge on any atom is -0.381 e. The summed E-state index contributed by atoms with van der Waals surface area (Å²) in [6.07, 6.45) is 3.38. The molecule has 2 aromatic rings. The molecule has 0 radical (unpaired) electrons. The minimum atomic E-state index is -0.359. The summed E-state index contributed by atoms with van der Waals surface area (Å²) in [6, 6.07) is 11.7. The van der Waals surface area contributed by atoms with E-state index in [1.54, 1.807) is 12.1 Å². The minimum absolute atomic E-state index is 0.0322. The highest BCUT2D eigenvalue weighted by atomic mass is 19.1. The number of aryl methyl sites for hydroxylation is 1. The molecule has 30 heavy (non-hydrogen) atoms. The van der Waals surface area contributed by atoms with Crippen molar-refractivity contribution in [2.45, 2.75) is 38.5 Å². The van der Waals surface area contributed by atoms with Gasteiger partial charge in [0.2, 0.25) is 11.8 Å². The molecule has 1 saturated heterocycles. The smallest absolute Gasteiger partial charge is 0.231 e. The Labute approximate surface area is 176 Å². The summed E-state index contributed by atoms with van der Waals surface area (Å²) in [5.74, 6) is -0.621. The first-order chi connectivity index (χ1) is 14.5. The highest BCUT2D eigenvalue weighted by molar-refractivity contribution is 5.97. The number of benzene rings is 2. The van der Waals surface area contributed by atoms with E-state index in [9.17, 15) is 14.0 Å². The maximum absolute atomic E-state index is 13.1. The van der Waals surface area contributed by atoms with E-state index in [4.69, 9.17) is 4.74 Å². The van der Waals surface area contributed by atoms with Crippen molar-refractivity contribution in [2.75, 3.05) is 30.0 Å². The van der Waals surface area contributed by atoms with Crippen molar-refractivity contribution in [2.24, 2.45) is 5.92 Å². The van der Waals surface area contributed by atoms with Crippen molar-refractivity contribution in [1.82, 2.24) is 0 Å². The van der Waals surface area contributed by atoms with Crippen LogP contribution in [0.25, 0.3) is 0 Å². The van der Waals surface area contributed by atoms with Gasteiger partial charge < -0.3 is 15.0 Å². The van der Waals surface area contributed by atoms with Crippen LogP contribution in [0, 0.1) is 11.7 Å². The number of fused-ring (bicyclic) bond motifs is 1. The molecule has 0 saturated carbocycles. The van der Waals surface area contributed by atoms with E-state index in [0.717, 1.165) is 49.0 Å². The summed E-state index contributed by atoms with van der Waals surface area (Å²) in [5, 5.41) is 2.84. The van der Waals surface area contributed by atoms with Crippen molar-refractivity contribution in [3.05, 3.63) is 59.4 Å². The van der Waals surface area contributed by atoms with Gasteiger partial charge in [-0.15, -0.1) is 0 Å². The number of nitrogens with zero attached hydrogens (tertiary/aromatic N) is 1. The molecule has 1 atom stereocenters. The fourth-order valence-corrected chi connectivity index (χ4v) is 4.22. The number of carbonyl (C=O) groups excluding carboxylic acids is 2. The lowest BCUT2D eigenvalue weighted by Crippen LogP contribution is -2.41. The van der Waals surface area contributed by atoms with Gasteiger partial charge in [0.1, 0.15) is 5.82 Å². The Hall–Kier alpha value is -2.73. The summed E-state index contributed by atoms with van der Waals surface area (Å²) in [5.41, 5.74) is 3.56. The van der Waals surface area contributed by atoms with Gasteiger partial charge in [-0.1, -0.05) is 12.1 Å². The standard InChI is InChI=1S/C24H27FN2O3/c1-16(23(28)26-21-7-5-20(25)6-8-21)18-4-9-22-19(15-18)3-2-12-27(22)24(29)17-10-13-30-14-11-17/h4-9,15-17H,2-3,10-14H2,1H3,(H,26,28)/t16-/m0/s1. The second-order valence-electron chi connectivity index (χ2n) is 8.09. The van der Waals surface area contributed by atoms with Crippen molar-refractivity contribution in [3.63, 3.8) is 0 Å². The Kier molecular flexibility index (Phi) is 6.13. The molecule has 0 bridgehead atoms. The van der Waals surface area contributed by atoms with Gasteiger partial charge in [-0.2, -0.15) is 0 Å². The van der Waals surface area contributed by atoms with Crippen LogP contribution in [0.15, 0.2) is 42.5 Å². The number of hydrogen-bond donors (Lipinski definition) is 1. The first kappa shape index (κ1) is 20.5. The Morgan fingerprint density at radius 1 is 1.13 bits per heavy atom. The van der Waals surface area contributed by atoms with E-state index < -0.39 is 0 Å². The summed E-state index contributed by atoms with van der Waals surface area (Å²) in [7, 11) is 0. The lowest BCUT2D eigenvalue weighted by molar-refractivity contribution is -0.125. The number of ether oxygens (including phenoxy) is 1. The molecule has 0 aliphatic carbocycles. The monoisotopic (exact) mass is 410 g/mol. The normalized spacial score (nSPS) is 17.9. The van der Waals surface area contributed by atoms with Gasteiger partial charge >= 0.3 is 0 Å². The number of carbonyl (C=O) groups is 2. The molecule has 158 valence electrons. The first-order valence-electron chi connectivity index (χ1n) is 10.6. The van der Waals surface area contributed by atoms with Gasteiger partial charge in [0, 0.05) is 37.1 Å². The molecule has 2 heterocycles. The topological polar surface area (TPSA) is 58.6 Å². The summed E-state index contributed by atoms with van der Waals surface area (Å²) in [6.45, 7) is 3.89. The highest BCUT2D eigenvalue weighted by Crippen LogP contribution is 2.33. The number of amides is 2. The number of anilines is 2. The van der Waals surface area contributed by atoms with Crippen molar-refractivity contribution < 1.29 is 18.7 Å². The molecule has 0 unspecified atom stereocenters. The number of halogens is 1. The van der Waals surface area contributed by atoms with Crippen LogP contribution >= 0.6 is 0 Å². The fourth-order valence-electron chi connectivity index (χ4n) is 4.22. The molecule has 2 aliphatic rings. The number of nitrogens with one attached hydrogen (secondary N) is 1. The maximum Gasteiger partial charge on any atom is 0.231 e. The van der Waals surface area contributed by atoms with Crippen molar-refractivity contribution in [3.8, 4) is 0 Å². The van der Waals surface area contributed by atoms with Gasteiger partial charge in [-0.25, -0.2) is 4.39 Å². The molecule has 4 rings (SSSR count). The fraction of sp³-hybridized carbons (Fsp3) is 0.417. The summed E-state index contributed by atoms with van der Waals surface area (Å²) in [4.78, 5) is 27.6. The summed E-state index contributed by atoms with van der Waals surface area (Å²) < 4.78 is 18.5. The van der Waals surface area contributed by atoms with Crippen LogP contribution in [0.2, 0.25) is 0 Å². The largest absolute Gasteiger partial charge is 0.381 e. The van der Waals surface area contributed by atoms with E-state index in [1.807, 2.05) is 30.0 Å². The molecule has 2 amide bonds. The van der Waals surface area contributed by atoms with E-state index in [-0.39, 0.29) is 29.5 Å². The van der Waals surface area contributed by atoms with Gasteiger partial charge in [-0.3, -0.25) is 9.59 Å². The molecule has 2 aliphatic heterocycles. The molecule has 1 N–H and O–H groups in total. The third kappa shape index (κ3) is 4.38. The quantitative estimate of drug-likeness (QED) is 0.819. The van der Waals surface area contributed by atoms with Crippen LogP contribution < -0.4 is 10.2 Å². The van der Waals surface area contributed by atoms with Crippen LogP contribution in [0.1, 0.15) is 43.2 Å². The number of rotatable bonds is 4. The molecule has 0 spiro atoms. The predicted octanol–water partition coefficient (Wildman–Crippen LogP) is 4.27. The third-order valence-electron chi connectivity index (χ3n) is 6.06. The van der Waals surface area contributed by atoms with Crippen molar-refractivity contribution in [1.29, 1.82) is 0 Å². The van der Waals surface area contributed by atoms with Crippen LogP contribution in [-0.4, -0.2) is 31.6 Å². The second-order valence-corrected chi connectivity index (χ2v) is 8.09. The SMILES string of the molecule is C[C@H](C(=O)Nc1ccc(F)cc1)c1ccc2c(c1)CCCN2C(=O)C1CCOCC1. The Morgan fingerprint density at radius 3 is 2.60 bits per heavy atom. The second kappa shape index (κ2) is 8.96. The van der Waals surface area contributed by atoms with E-state index >= 15 is 0 Å². The lowest BCUT2D eigenvalue weighted by atomic mass is 9.91. The zero-order valence-electron chi connectivity index (χ0n) is 17.2. The Bertz CT molecular complexity index is 923. The van der Waals surface area contributed by atoms with Gasteiger partial charge in [0.25, 0.3) is 0 Å². The number of hydrogen-bond acceptors (Lipinski definition) is 3. The van der Waals surface area contributed by atoms with Crippen molar-refractivity contribution >= 4 is 23.2 Å². The molecule has 1 fully saturated rings. The van der Waals surface area contributed by atoms with Gasteiger partial charge in [-0.05, 0) is 74.1 Å². The summed E-state index contributed by atoms with van der Waals surface area (Å²) >= 11 is 0.